The molecular weight excluding hydrogens is 474 g/mol. The lowest BCUT2D eigenvalue weighted by Crippen LogP contribution is -2.09. The van der Waals surface area contributed by atoms with E-state index in [0.717, 1.165) is 21.5 Å². The van der Waals surface area contributed by atoms with Crippen molar-refractivity contribution in [3.05, 3.63) is 94.1 Å². The molecule has 0 fully saturated rings. The maximum absolute atomic E-state index is 12.3. The second-order valence-electron chi connectivity index (χ2n) is 6.76. The number of benzene rings is 3. The normalized spacial score (nSPS) is 14.1. The van der Waals surface area contributed by atoms with Gasteiger partial charge in [-0.05, 0) is 60.7 Å². The SMILES string of the molecule is COc1ccc(OCCOc2ccc(Br)cc2C=C2N=C(c3ccccc3)OC2=O)cc1. The monoisotopic (exact) mass is 493 g/mol. The zero-order chi connectivity index (χ0) is 22.3. The molecule has 0 atom stereocenters. The van der Waals surface area contributed by atoms with Gasteiger partial charge in [0.1, 0.15) is 30.5 Å². The zero-order valence-electron chi connectivity index (χ0n) is 17.3. The number of ether oxygens (including phenoxy) is 4. The maximum Gasteiger partial charge on any atom is 0.363 e. The van der Waals surface area contributed by atoms with Crippen molar-refractivity contribution < 1.29 is 23.7 Å². The number of hydrogen-bond donors (Lipinski definition) is 0. The molecule has 0 unspecified atom stereocenters. The van der Waals surface area contributed by atoms with Crippen molar-refractivity contribution in [3.63, 3.8) is 0 Å². The molecule has 0 aromatic heterocycles. The highest BCUT2D eigenvalue weighted by Crippen LogP contribution is 2.28. The van der Waals surface area contributed by atoms with Gasteiger partial charge in [0.2, 0.25) is 5.90 Å². The molecule has 1 aliphatic rings. The Kier molecular flexibility index (Phi) is 6.87. The summed E-state index contributed by atoms with van der Waals surface area (Å²) < 4.78 is 22.9. The predicted molar refractivity (Wildman–Crippen MR) is 125 cm³/mol. The van der Waals surface area contributed by atoms with Gasteiger partial charge < -0.3 is 18.9 Å². The van der Waals surface area contributed by atoms with Gasteiger partial charge in [-0.3, -0.25) is 0 Å². The third kappa shape index (κ3) is 5.36. The van der Waals surface area contributed by atoms with Crippen LogP contribution >= 0.6 is 15.9 Å². The first kappa shape index (κ1) is 21.6. The molecular formula is C25H20BrNO5. The van der Waals surface area contributed by atoms with Gasteiger partial charge in [-0.15, -0.1) is 0 Å². The van der Waals surface area contributed by atoms with Gasteiger partial charge in [0.05, 0.1) is 7.11 Å². The lowest BCUT2D eigenvalue weighted by atomic mass is 10.1. The van der Waals surface area contributed by atoms with Gasteiger partial charge in [0.15, 0.2) is 5.70 Å². The number of methoxy groups -OCH3 is 1. The van der Waals surface area contributed by atoms with Gasteiger partial charge in [-0.2, -0.15) is 0 Å². The molecule has 0 saturated heterocycles. The molecule has 3 aromatic rings. The smallest absolute Gasteiger partial charge is 0.363 e. The number of carbonyl (C=O) groups excluding carboxylic acids is 1. The summed E-state index contributed by atoms with van der Waals surface area (Å²) in [7, 11) is 1.62. The predicted octanol–water partition coefficient (Wildman–Crippen LogP) is 5.26. The highest BCUT2D eigenvalue weighted by atomic mass is 79.9. The molecule has 1 aliphatic heterocycles. The second kappa shape index (κ2) is 10.2. The summed E-state index contributed by atoms with van der Waals surface area (Å²) in [5, 5.41) is 0. The van der Waals surface area contributed by atoms with Crippen LogP contribution in [0.25, 0.3) is 6.08 Å². The molecule has 6 nitrogen and oxygen atoms in total. The van der Waals surface area contributed by atoms with Gasteiger partial charge >= 0.3 is 5.97 Å². The van der Waals surface area contributed by atoms with Crippen molar-refractivity contribution >= 4 is 33.9 Å². The molecule has 162 valence electrons. The fourth-order valence-electron chi connectivity index (χ4n) is 3.01. The number of esters is 1. The van der Waals surface area contributed by atoms with Crippen molar-refractivity contribution in [2.45, 2.75) is 0 Å². The molecule has 1 heterocycles. The fraction of sp³-hybridized carbons (Fsp3) is 0.120. The van der Waals surface area contributed by atoms with Gasteiger partial charge in [-0.1, -0.05) is 34.1 Å². The van der Waals surface area contributed by atoms with E-state index in [-0.39, 0.29) is 11.6 Å². The largest absolute Gasteiger partial charge is 0.497 e. The molecule has 0 aliphatic carbocycles. The third-order valence-corrected chi connectivity index (χ3v) is 5.07. The standard InChI is InChI=1S/C25H20BrNO5/c1-29-20-8-10-21(11-9-20)30-13-14-31-23-12-7-19(26)15-18(23)16-22-25(28)32-24(27-22)17-5-3-2-4-6-17/h2-12,15-16H,13-14H2,1H3. The number of cyclic esters (lactones) is 1. The highest BCUT2D eigenvalue weighted by molar-refractivity contribution is 9.10. The Morgan fingerprint density at radius 1 is 0.938 bits per heavy atom. The molecule has 4 rings (SSSR count). The number of halogens is 1. The Balaban J connectivity index is 1.45. The Morgan fingerprint density at radius 2 is 1.66 bits per heavy atom. The molecule has 0 bridgehead atoms. The second-order valence-corrected chi connectivity index (χ2v) is 7.67. The van der Waals surface area contributed by atoms with Gasteiger partial charge in [-0.25, -0.2) is 9.79 Å². The van der Waals surface area contributed by atoms with Crippen molar-refractivity contribution in [1.29, 1.82) is 0 Å². The minimum absolute atomic E-state index is 0.210. The number of aliphatic imine (C=N–C) groups is 1. The first-order valence-corrected chi connectivity index (χ1v) is 10.7. The molecule has 0 saturated carbocycles. The van der Waals surface area contributed by atoms with Crippen LogP contribution in [0.4, 0.5) is 0 Å². The molecule has 0 amide bonds. The summed E-state index contributed by atoms with van der Waals surface area (Å²) in [6.07, 6.45) is 1.66. The lowest BCUT2D eigenvalue weighted by Gasteiger charge is -2.11. The van der Waals surface area contributed by atoms with Gasteiger partial charge in [0, 0.05) is 15.6 Å². The minimum atomic E-state index is -0.502. The summed E-state index contributed by atoms with van der Waals surface area (Å²) in [6, 6.07) is 22.2. The fourth-order valence-corrected chi connectivity index (χ4v) is 3.39. The number of hydrogen-bond acceptors (Lipinski definition) is 6. The van der Waals surface area contributed by atoms with Gasteiger partial charge in [0.25, 0.3) is 0 Å². The third-order valence-electron chi connectivity index (χ3n) is 4.57. The van der Waals surface area contributed by atoms with Crippen molar-refractivity contribution in [2.24, 2.45) is 4.99 Å². The first-order valence-electron chi connectivity index (χ1n) is 9.89. The molecule has 32 heavy (non-hydrogen) atoms. The summed E-state index contributed by atoms with van der Waals surface area (Å²) in [4.78, 5) is 16.7. The Morgan fingerprint density at radius 3 is 2.41 bits per heavy atom. The quantitative estimate of drug-likeness (QED) is 0.243. The topological polar surface area (TPSA) is 66.3 Å². The van der Waals surface area contributed by atoms with Crippen LogP contribution in [0.15, 0.2) is 88.0 Å². The number of nitrogens with zero attached hydrogens (tertiary/aromatic N) is 1. The number of rotatable bonds is 8. The van der Waals surface area contributed by atoms with E-state index >= 15 is 0 Å². The Labute approximate surface area is 194 Å². The average molecular weight is 494 g/mol. The zero-order valence-corrected chi connectivity index (χ0v) is 18.9. The highest BCUT2D eigenvalue weighted by Gasteiger charge is 2.24. The van der Waals surface area contributed by atoms with E-state index in [1.165, 1.54) is 0 Å². The van der Waals surface area contributed by atoms with Crippen LogP contribution in [-0.2, 0) is 9.53 Å². The summed E-state index contributed by atoms with van der Waals surface area (Å²) in [6.45, 7) is 0.684. The van der Waals surface area contributed by atoms with E-state index in [2.05, 4.69) is 20.9 Å². The molecule has 0 N–H and O–H groups in total. The maximum atomic E-state index is 12.3. The van der Waals surface area contributed by atoms with E-state index in [4.69, 9.17) is 18.9 Å². The molecule has 0 spiro atoms. The summed E-state index contributed by atoms with van der Waals surface area (Å²) in [5.41, 5.74) is 1.65. The van der Waals surface area contributed by atoms with E-state index in [1.807, 2.05) is 72.8 Å². The van der Waals surface area contributed by atoms with Crippen LogP contribution in [0.1, 0.15) is 11.1 Å². The van der Waals surface area contributed by atoms with E-state index in [1.54, 1.807) is 13.2 Å². The summed E-state index contributed by atoms with van der Waals surface area (Å²) >= 11 is 3.46. The van der Waals surface area contributed by atoms with E-state index in [0.29, 0.717) is 24.5 Å². The van der Waals surface area contributed by atoms with Crippen LogP contribution in [-0.4, -0.2) is 32.2 Å². The number of carbonyl (C=O) groups is 1. The van der Waals surface area contributed by atoms with Crippen molar-refractivity contribution in [3.8, 4) is 17.2 Å². The van der Waals surface area contributed by atoms with E-state index < -0.39 is 5.97 Å². The van der Waals surface area contributed by atoms with Crippen molar-refractivity contribution in [1.82, 2.24) is 0 Å². The van der Waals surface area contributed by atoms with Crippen LogP contribution < -0.4 is 14.2 Å². The Hall–Kier alpha value is -3.58. The molecule has 7 heteroatoms. The van der Waals surface area contributed by atoms with Crippen LogP contribution in [0.2, 0.25) is 0 Å². The molecule has 0 radical (unpaired) electrons. The van der Waals surface area contributed by atoms with Crippen LogP contribution in [0, 0.1) is 0 Å². The Bertz CT molecular complexity index is 1160. The van der Waals surface area contributed by atoms with E-state index in [9.17, 15) is 4.79 Å². The molecule has 3 aromatic carbocycles. The summed E-state index contributed by atoms with van der Waals surface area (Å²) in [5.74, 6) is 1.88. The minimum Gasteiger partial charge on any atom is -0.497 e. The average Bonchev–Trinajstić information content (AvgIpc) is 3.19. The van der Waals surface area contributed by atoms with Crippen molar-refractivity contribution in [2.75, 3.05) is 20.3 Å². The lowest BCUT2D eigenvalue weighted by molar-refractivity contribution is -0.129. The van der Waals surface area contributed by atoms with Crippen LogP contribution in [0.3, 0.4) is 0 Å². The van der Waals surface area contributed by atoms with Crippen LogP contribution in [0.5, 0.6) is 17.2 Å². The first-order chi connectivity index (χ1) is 15.6.